The van der Waals surface area contributed by atoms with Gasteiger partial charge in [0.15, 0.2) is 6.19 Å². The Balaban J connectivity index is 1.49. The van der Waals surface area contributed by atoms with Crippen LogP contribution in [0.5, 0.6) is 0 Å². The molecule has 2 heterocycles. The quantitative estimate of drug-likeness (QED) is 0.181. The summed E-state index contributed by atoms with van der Waals surface area (Å²) in [6.45, 7) is 0.897. The highest BCUT2D eigenvalue weighted by molar-refractivity contribution is 6.40. The summed E-state index contributed by atoms with van der Waals surface area (Å²) in [5, 5.41) is 22.5. The van der Waals surface area contributed by atoms with Crippen molar-refractivity contribution < 1.29 is 24.2 Å². The number of rotatable bonds is 6. The lowest BCUT2D eigenvalue weighted by atomic mass is 9.92. The van der Waals surface area contributed by atoms with Crippen molar-refractivity contribution >= 4 is 46.9 Å². The van der Waals surface area contributed by atoms with Crippen molar-refractivity contribution in [3.05, 3.63) is 56.3 Å². The Labute approximate surface area is 222 Å². The van der Waals surface area contributed by atoms with E-state index in [-0.39, 0.29) is 34.0 Å². The number of fused-ring (bicyclic) bond motifs is 2. The second kappa shape index (κ2) is 11.1. The monoisotopic (exact) mass is 546 g/mol. The molecule has 13 heteroatoms. The lowest BCUT2D eigenvalue weighted by Gasteiger charge is -2.31. The summed E-state index contributed by atoms with van der Waals surface area (Å²) in [6.07, 6.45) is 7.45. The summed E-state index contributed by atoms with van der Waals surface area (Å²) >= 11 is 13.0. The van der Waals surface area contributed by atoms with E-state index in [1.807, 2.05) is 12.2 Å². The van der Waals surface area contributed by atoms with E-state index < -0.39 is 24.5 Å². The zero-order chi connectivity index (χ0) is 26.7. The summed E-state index contributed by atoms with van der Waals surface area (Å²) in [7, 11) is 0. The number of carbonyl (C=O) groups is 3. The fourth-order valence-electron chi connectivity index (χ4n) is 4.52. The van der Waals surface area contributed by atoms with Crippen LogP contribution in [0, 0.1) is 17.4 Å². The van der Waals surface area contributed by atoms with Gasteiger partial charge in [0, 0.05) is 24.6 Å². The number of nitriles is 1. The standard InChI is InChI=1S/C24H24Cl2N6O5/c25-16-7-14-10-32(22(34)13-2-1-12-4-6-37-18(12)8-13)5-3-15(14)20(26)19(16)21(33)31-17(23(35)36)9-29-24(28)30-11-27/h2,7-8,12,17H,1,3-6,9-10H2,(H,31,33)(H,35,36)(H3,28,29,30)/t12?,17-/m0/s1. The third kappa shape index (κ3) is 5.65. The van der Waals surface area contributed by atoms with E-state index in [2.05, 4.69) is 15.6 Å². The number of hydrogen-bond donors (Lipinski definition) is 4. The van der Waals surface area contributed by atoms with Crippen LogP contribution in [0.4, 0.5) is 0 Å². The Hall–Kier alpha value is -3.75. The molecule has 0 spiro atoms. The first kappa shape index (κ1) is 26.3. The van der Waals surface area contributed by atoms with Crippen LogP contribution in [0.3, 0.4) is 0 Å². The van der Waals surface area contributed by atoms with E-state index in [0.717, 1.165) is 18.6 Å². The fourth-order valence-corrected chi connectivity index (χ4v) is 5.29. The number of ether oxygens (including phenoxy) is 1. The number of nitrogens with zero attached hydrogens (tertiary/aromatic N) is 3. The zero-order valence-corrected chi connectivity index (χ0v) is 21.1. The summed E-state index contributed by atoms with van der Waals surface area (Å²) < 4.78 is 5.64. The zero-order valence-electron chi connectivity index (χ0n) is 19.6. The molecular weight excluding hydrogens is 523 g/mol. The number of hydrogen-bond acceptors (Lipinski definition) is 6. The molecule has 194 valence electrons. The predicted molar refractivity (Wildman–Crippen MR) is 135 cm³/mol. The van der Waals surface area contributed by atoms with Crippen LogP contribution in [0.15, 0.2) is 34.5 Å². The van der Waals surface area contributed by atoms with Crippen LogP contribution in [-0.2, 0) is 27.3 Å². The first-order valence-electron chi connectivity index (χ1n) is 11.5. The number of aliphatic carboxylic acids is 1. The molecule has 3 aliphatic rings. The smallest absolute Gasteiger partial charge is 0.328 e. The number of carboxylic acid groups (broad SMARTS) is 1. The molecule has 1 aromatic carbocycles. The van der Waals surface area contributed by atoms with E-state index in [1.165, 1.54) is 0 Å². The van der Waals surface area contributed by atoms with Gasteiger partial charge in [-0.3, -0.25) is 14.9 Å². The predicted octanol–water partition coefficient (Wildman–Crippen LogP) is 1.70. The number of nitrogens with one attached hydrogen (secondary N) is 2. The maximum atomic E-state index is 13.2. The normalized spacial score (nSPS) is 19.3. The van der Waals surface area contributed by atoms with Crippen LogP contribution in [0.1, 0.15) is 34.3 Å². The van der Waals surface area contributed by atoms with Crippen LogP contribution < -0.4 is 16.4 Å². The maximum absolute atomic E-state index is 13.2. The largest absolute Gasteiger partial charge is 0.498 e. The van der Waals surface area contributed by atoms with Gasteiger partial charge in [0.05, 0.1) is 28.8 Å². The number of carboxylic acids is 1. The van der Waals surface area contributed by atoms with Crippen molar-refractivity contribution in [1.82, 2.24) is 15.5 Å². The van der Waals surface area contributed by atoms with Crippen molar-refractivity contribution in [2.24, 2.45) is 16.6 Å². The molecule has 1 saturated heterocycles. The molecule has 11 nitrogen and oxygen atoms in total. The second-order valence-electron chi connectivity index (χ2n) is 8.76. The molecule has 1 fully saturated rings. The van der Waals surface area contributed by atoms with Crippen molar-refractivity contribution in [1.29, 1.82) is 5.26 Å². The molecule has 2 aliphatic heterocycles. The van der Waals surface area contributed by atoms with E-state index in [0.29, 0.717) is 42.2 Å². The summed E-state index contributed by atoms with van der Waals surface area (Å²) in [5.74, 6) is -1.35. The summed E-state index contributed by atoms with van der Waals surface area (Å²) in [6, 6.07) is 0.133. The number of allylic oxidation sites excluding steroid dienone is 2. The fraction of sp³-hybridized carbons (Fsp3) is 0.375. The highest BCUT2D eigenvalue weighted by Gasteiger charge is 2.32. The van der Waals surface area contributed by atoms with Crippen LogP contribution in [-0.4, -0.2) is 59.5 Å². The molecule has 1 aliphatic carbocycles. The lowest BCUT2D eigenvalue weighted by Crippen LogP contribution is -2.44. The third-order valence-electron chi connectivity index (χ3n) is 6.46. The Morgan fingerprint density at radius 1 is 1.38 bits per heavy atom. The molecule has 37 heavy (non-hydrogen) atoms. The van der Waals surface area contributed by atoms with Gasteiger partial charge in [-0.25, -0.2) is 9.79 Å². The van der Waals surface area contributed by atoms with Gasteiger partial charge in [0.25, 0.3) is 11.8 Å². The average Bonchev–Trinajstić information content (AvgIpc) is 3.33. The van der Waals surface area contributed by atoms with Crippen molar-refractivity contribution in [2.45, 2.75) is 31.8 Å². The minimum absolute atomic E-state index is 0.0232. The van der Waals surface area contributed by atoms with Crippen molar-refractivity contribution in [3.63, 3.8) is 0 Å². The SMILES string of the molecule is N#CNC(N)=NC[C@H](NC(=O)c1c(Cl)cc2c(c1Cl)CCN(C(=O)C1=CCC3CCOC3=C1)C2)C(=O)O. The summed E-state index contributed by atoms with van der Waals surface area (Å²) in [4.78, 5) is 43.1. The van der Waals surface area contributed by atoms with E-state index in [1.54, 1.807) is 17.2 Å². The van der Waals surface area contributed by atoms with E-state index in [9.17, 15) is 19.5 Å². The number of guanidine groups is 1. The number of aliphatic imine (C=N–C) groups is 1. The lowest BCUT2D eigenvalue weighted by molar-refractivity contribution is -0.139. The molecule has 0 radical (unpaired) electrons. The Morgan fingerprint density at radius 3 is 2.89 bits per heavy atom. The van der Waals surface area contributed by atoms with Gasteiger partial charge in [-0.2, -0.15) is 5.26 Å². The molecule has 0 saturated carbocycles. The van der Waals surface area contributed by atoms with Gasteiger partial charge >= 0.3 is 5.97 Å². The average molecular weight is 547 g/mol. The van der Waals surface area contributed by atoms with Crippen LogP contribution in [0.2, 0.25) is 10.0 Å². The van der Waals surface area contributed by atoms with Gasteiger partial charge in [0.1, 0.15) is 11.8 Å². The minimum Gasteiger partial charge on any atom is -0.498 e. The first-order valence-corrected chi connectivity index (χ1v) is 12.3. The third-order valence-corrected chi connectivity index (χ3v) is 7.17. The van der Waals surface area contributed by atoms with Gasteiger partial charge in [-0.05, 0) is 42.5 Å². The second-order valence-corrected chi connectivity index (χ2v) is 9.55. The van der Waals surface area contributed by atoms with Crippen molar-refractivity contribution in [3.8, 4) is 6.19 Å². The Morgan fingerprint density at radius 2 is 2.16 bits per heavy atom. The molecule has 2 amide bonds. The Kier molecular flexibility index (Phi) is 7.90. The Bertz CT molecular complexity index is 1290. The molecule has 0 bridgehead atoms. The highest BCUT2D eigenvalue weighted by Crippen LogP contribution is 2.36. The maximum Gasteiger partial charge on any atom is 0.328 e. The van der Waals surface area contributed by atoms with Crippen molar-refractivity contribution in [2.75, 3.05) is 19.7 Å². The van der Waals surface area contributed by atoms with Gasteiger partial charge < -0.3 is 25.8 Å². The minimum atomic E-state index is -1.44. The molecule has 1 unspecified atom stereocenters. The number of amides is 2. The first-order chi connectivity index (χ1) is 17.7. The molecule has 1 aromatic rings. The molecule has 4 rings (SSSR count). The summed E-state index contributed by atoms with van der Waals surface area (Å²) in [5.41, 5.74) is 7.34. The van der Waals surface area contributed by atoms with Gasteiger partial charge in [0.2, 0.25) is 5.96 Å². The van der Waals surface area contributed by atoms with Gasteiger partial charge in [-0.15, -0.1) is 0 Å². The molecule has 2 atom stereocenters. The number of carbonyl (C=O) groups excluding carboxylic acids is 2. The number of nitrogens with two attached hydrogens (primary N) is 1. The molecule has 0 aromatic heterocycles. The van der Waals surface area contributed by atoms with Crippen LogP contribution >= 0.6 is 23.2 Å². The molecule has 5 N–H and O–H groups in total. The van der Waals surface area contributed by atoms with Crippen LogP contribution in [0.25, 0.3) is 0 Å². The van der Waals surface area contributed by atoms with Gasteiger partial charge in [-0.1, -0.05) is 29.3 Å². The topological polar surface area (TPSA) is 170 Å². The number of halogens is 2. The number of benzene rings is 1. The van der Waals surface area contributed by atoms with E-state index in [4.69, 9.17) is 38.9 Å². The highest BCUT2D eigenvalue weighted by atomic mass is 35.5. The van der Waals surface area contributed by atoms with E-state index >= 15 is 0 Å². The molecular formula is C24H24Cl2N6O5.